The quantitative estimate of drug-likeness (QED) is 0.774. The number of aryl methyl sites for hydroxylation is 1. The predicted octanol–water partition coefficient (Wildman–Crippen LogP) is 2.94. The third-order valence-electron chi connectivity index (χ3n) is 3.09. The largest absolute Gasteiger partial charge is 0.469 e. The summed E-state index contributed by atoms with van der Waals surface area (Å²) in [6.45, 7) is 2.22. The van der Waals surface area contributed by atoms with Crippen LogP contribution in [0.5, 0.6) is 0 Å². The van der Waals surface area contributed by atoms with Gasteiger partial charge in [-0.25, -0.2) is 0 Å². The van der Waals surface area contributed by atoms with E-state index >= 15 is 0 Å². The Morgan fingerprint density at radius 3 is 2.79 bits per heavy atom. The molecule has 1 unspecified atom stereocenters. The van der Waals surface area contributed by atoms with Gasteiger partial charge in [0.25, 0.3) is 0 Å². The number of hydrogen-bond acceptors (Lipinski definition) is 3. The van der Waals surface area contributed by atoms with Crippen LogP contribution in [0.4, 0.5) is 5.69 Å². The first-order chi connectivity index (χ1) is 8.93. The van der Waals surface area contributed by atoms with Gasteiger partial charge in [0.15, 0.2) is 0 Å². The number of nitrogens with zero attached hydrogens (tertiary/aromatic N) is 1. The molecule has 1 aliphatic rings. The van der Waals surface area contributed by atoms with Crippen LogP contribution < -0.4 is 4.90 Å². The van der Waals surface area contributed by atoms with Crippen LogP contribution in [0.2, 0.25) is 5.02 Å². The van der Waals surface area contributed by atoms with Crippen LogP contribution in [0.3, 0.4) is 0 Å². The number of benzene rings is 1. The van der Waals surface area contributed by atoms with E-state index < -0.39 is 5.92 Å². The summed E-state index contributed by atoms with van der Waals surface area (Å²) in [6, 6.07) is 3.68. The van der Waals surface area contributed by atoms with Crippen molar-refractivity contribution in [3.8, 4) is 0 Å². The van der Waals surface area contributed by atoms with Gasteiger partial charge >= 0.3 is 5.97 Å². The number of carbonyl (C=O) groups is 2. The molecule has 0 N–H and O–H groups in total. The highest BCUT2D eigenvalue weighted by Gasteiger charge is 2.37. The summed E-state index contributed by atoms with van der Waals surface area (Å²) >= 11 is 9.62. The Morgan fingerprint density at radius 2 is 2.21 bits per heavy atom. The maximum Gasteiger partial charge on any atom is 0.311 e. The SMILES string of the molecule is COC(=O)C1CC(=O)N(c2c(Cl)cc(C)cc2Br)C1. The fraction of sp³-hybridized carbons (Fsp3) is 0.385. The standard InChI is InChI=1S/C13H13BrClNO3/c1-7-3-9(14)12(10(15)4-7)16-6-8(5-11(16)17)13(18)19-2/h3-4,8H,5-6H2,1-2H3. The molecule has 6 heteroatoms. The highest BCUT2D eigenvalue weighted by Crippen LogP contribution is 2.38. The van der Waals surface area contributed by atoms with Gasteiger partial charge in [-0.05, 0) is 40.5 Å². The van der Waals surface area contributed by atoms with E-state index in [0.717, 1.165) is 10.0 Å². The van der Waals surface area contributed by atoms with Gasteiger partial charge in [0.1, 0.15) is 0 Å². The molecule has 0 radical (unpaired) electrons. The van der Waals surface area contributed by atoms with Crippen molar-refractivity contribution >= 4 is 45.1 Å². The minimum atomic E-state index is -0.429. The Balaban J connectivity index is 2.33. The smallest absolute Gasteiger partial charge is 0.311 e. The maximum atomic E-state index is 12.0. The minimum Gasteiger partial charge on any atom is -0.469 e. The third kappa shape index (κ3) is 2.77. The summed E-state index contributed by atoms with van der Waals surface area (Å²) in [5.41, 5.74) is 1.61. The fourth-order valence-electron chi connectivity index (χ4n) is 2.20. The van der Waals surface area contributed by atoms with Crippen molar-refractivity contribution in [2.24, 2.45) is 5.92 Å². The van der Waals surface area contributed by atoms with E-state index in [1.807, 2.05) is 13.0 Å². The number of hydrogen-bond donors (Lipinski definition) is 0. The number of esters is 1. The lowest BCUT2D eigenvalue weighted by Crippen LogP contribution is -2.26. The van der Waals surface area contributed by atoms with Crippen molar-refractivity contribution in [3.05, 3.63) is 27.2 Å². The van der Waals surface area contributed by atoms with Crippen LogP contribution in [-0.4, -0.2) is 25.5 Å². The predicted molar refractivity (Wildman–Crippen MR) is 76.4 cm³/mol. The second-order valence-electron chi connectivity index (χ2n) is 4.51. The number of carbonyl (C=O) groups excluding carboxylic acids is 2. The molecule has 1 aliphatic heterocycles. The van der Waals surface area contributed by atoms with E-state index in [2.05, 4.69) is 20.7 Å². The second kappa shape index (κ2) is 5.51. The Morgan fingerprint density at radius 1 is 1.53 bits per heavy atom. The molecule has 4 nitrogen and oxygen atoms in total. The molecule has 1 fully saturated rings. The lowest BCUT2D eigenvalue weighted by Gasteiger charge is -2.20. The molecule has 1 atom stereocenters. The van der Waals surface area contributed by atoms with Gasteiger partial charge in [0, 0.05) is 17.4 Å². The van der Waals surface area contributed by atoms with Gasteiger partial charge in [0.2, 0.25) is 5.91 Å². The van der Waals surface area contributed by atoms with E-state index in [0.29, 0.717) is 17.3 Å². The minimum absolute atomic E-state index is 0.123. The molecule has 0 spiro atoms. The van der Waals surface area contributed by atoms with Gasteiger partial charge in [-0.15, -0.1) is 0 Å². The van der Waals surface area contributed by atoms with Crippen molar-refractivity contribution < 1.29 is 14.3 Å². The first-order valence-corrected chi connectivity index (χ1v) is 6.95. The van der Waals surface area contributed by atoms with E-state index in [1.165, 1.54) is 12.0 Å². The van der Waals surface area contributed by atoms with Crippen molar-refractivity contribution in [1.82, 2.24) is 0 Å². The maximum absolute atomic E-state index is 12.0. The molecule has 2 rings (SSSR count). The molecule has 1 aromatic rings. The van der Waals surface area contributed by atoms with E-state index in [1.54, 1.807) is 6.07 Å². The average Bonchev–Trinajstić information content (AvgIpc) is 2.69. The monoisotopic (exact) mass is 345 g/mol. The molecule has 1 amide bonds. The Bertz CT molecular complexity index is 524. The van der Waals surface area contributed by atoms with E-state index in [4.69, 9.17) is 11.6 Å². The number of amides is 1. The van der Waals surface area contributed by atoms with Gasteiger partial charge in [-0.1, -0.05) is 11.6 Å². The summed E-state index contributed by atoms with van der Waals surface area (Å²) in [5, 5.41) is 0.491. The van der Waals surface area contributed by atoms with Crippen LogP contribution in [0, 0.1) is 12.8 Å². The molecule has 1 heterocycles. The van der Waals surface area contributed by atoms with E-state index in [9.17, 15) is 9.59 Å². The van der Waals surface area contributed by atoms with Crippen LogP contribution in [0.15, 0.2) is 16.6 Å². The summed E-state index contributed by atoms with van der Waals surface area (Å²) in [4.78, 5) is 25.1. The molecule has 1 saturated heterocycles. The summed E-state index contributed by atoms with van der Waals surface area (Å²) in [7, 11) is 1.32. The third-order valence-corrected chi connectivity index (χ3v) is 3.98. The van der Waals surface area contributed by atoms with Gasteiger partial charge in [0.05, 0.1) is 23.7 Å². The molecule has 1 aromatic carbocycles. The molecular weight excluding hydrogens is 334 g/mol. The molecule has 102 valence electrons. The second-order valence-corrected chi connectivity index (χ2v) is 5.77. The zero-order valence-corrected chi connectivity index (χ0v) is 12.9. The highest BCUT2D eigenvalue weighted by molar-refractivity contribution is 9.10. The van der Waals surface area contributed by atoms with Gasteiger partial charge in [-0.2, -0.15) is 0 Å². The molecule has 0 aromatic heterocycles. The van der Waals surface area contributed by atoms with Crippen LogP contribution >= 0.6 is 27.5 Å². The number of methoxy groups -OCH3 is 1. The first kappa shape index (κ1) is 14.3. The molecular formula is C13H13BrClNO3. The summed E-state index contributed by atoms with van der Waals surface area (Å²) < 4.78 is 5.43. The zero-order valence-electron chi connectivity index (χ0n) is 10.6. The Hall–Kier alpha value is -1.07. The van der Waals surface area contributed by atoms with Gasteiger partial charge < -0.3 is 9.64 Å². The first-order valence-electron chi connectivity index (χ1n) is 5.78. The van der Waals surface area contributed by atoms with Crippen LogP contribution in [0.25, 0.3) is 0 Å². The summed E-state index contributed by atoms with van der Waals surface area (Å²) in [5.74, 6) is -0.918. The van der Waals surface area contributed by atoms with E-state index in [-0.39, 0.29) is 18.3 Å². The van der Waals surface area contributed by atoms with Crippen molar-refractivity contribution in [1.29, 1.82) is 0 Å². The van der Waals surface area contributed by atoms with Crippen LogP contribution in [-0.2, 0) is 14.3 Å². The number of rotatable bonds is 2. The zero-order chi connectivity index (χ0) is 14.2. The van der Waals surface area contributed by atoms with Crippen molar-refractivity contribution in [2.75, 3.05) is 18.6 Å². The highest BCUT2D eigenvalue weighted by atomic mass is 79.9. The van der Waals surface area contributed by atoms with Crippen LogP contribution in [0.1, 0.15) is 12.0 Å². The number of halogens is 2. The summed E-state index contributed by atoms with van der Waals surface area (Å²) in [6.07, 6.45) is 0.156. The number of anilines is 1. The fourth-order valence-corrected chi connectivity index (χ4v) is 3.48. The van der Waals surface area contributed by atoms with Gasteiger partial charge in [-0.3, -0.25) is 9.59 Å². The Labute approximate surface area is 124 Å². The topological polar surface area (TPSA) is 46.6 Å². The normalized spacial score (nSPS) is 18.8. The lowest BCUT2D eigenvalue weighted by atomic mass is 10.1. The average molecular weight is 347 g/mol. The Kier molecular flexibility index (Phi) is 4.16. The lowest BCUT2D eigenvalue weighted by molar-refractivity contribution is -0.145. The van der Waals surface area contributed by atoms with Crippen molar-refractivity contribution in [3.63, 3.8) is 0 Å². The number of ether oxygens (including phenoxy) is 1. The molecule has 19 heavy (non-hydrogen) atoms. The molecule has 0 saturated carbocycles. The molecule has 0 aliphatic carbocycles. The van der Waals surface area contributed by atoms with Crippen molar-refractivity contribution in [2.45, 2.75) is 13.3 Å². The molecule has 0 bridgehead atoms.